The van der Waals surface area contributed by atoms with Crippen LogP contribution in [0, 0.1) is 0 Å². The van der Waals surface area contributed by atoms with Crippen molar-refractivity contribution in [1.82, 2.24) is 19.5 Å². The van der Waals surface area contributed by atoms with Gasteiger partial charge in [-0.25, -0.2) is 27.1 Å². The lowest BCUT2D eigenvalue weighted by Gasteiger charge is -2.22. The van der Waals surface area contributed by atoms with Crippen LogP contribution in [0.4, 0.5) is 11.6 Å². The minimum absolute atomic E-state index is 0.00930. The molecule has 1 saturated heterocycles. The zero-order valence-electron chi connectivity index (χ0n) is 32.9. The maximum absolute atomic E-state index is 13.5. The largest absolute Gasteiger partial charge is 0.490 e. The van der Waals surface area contributed by atoms with Crippen LogP contribution in [0.2, 0.25) is 0 Å². The fourth-order valence-corrected chi connectivity index (χ4v) is 12.5. The van der Waals surface area contributed by atoms with E-state index in [2.05, 4.69) is 28.9 Å². The summed E-state index contributed by atoms with van der Waals surface area (Å²) >= 11 is 0. The van der Waals surface area contributed by atoms with Gasteiger partial charge in [-0.1, -0.05) is 84.9 Å². The molecule has 64 heavy (non-hydrogen) atoms. The van der Waals surface area contributed by atoms with Gasteiger partial charge in [-0.05, 0) is 57.3 Å². The maximum Gasteiger partial charge on any atom is 0.490 e. The van der Waals surface area contributed by atoms with Gasteiger partial charge < -0.3 is 29.5 Å². The number of nitrogens with one attached hydrogen (secondary N) is 2. The topological polar surface area (TPSA) is 277 Å². The van der Waals surface area contributed by atoms with Gasteiger partial charge in [0.2, 0.25) is 5.95 Å². The molecule has 332 valence electrons. The fraction of sp³-hybridized carbons (Fsp3) is 0.175. The van der Waals surface area contributed by atoms with E-state index in [1.54, 1.807) is 72.8 Å². The summed E-state index contributed by atoms with van der Waals surface area (Å²) in [5.74, 6) is -0.359. The van der Waals surface area contributed by atoms with Crippen LogP contribution in [0.25, 0.3) is 43.5 Å². The molecular formula is C40H36N5O15P3S. The number of anilines is 2. The molecule has 2 aromatic heterocycles. The first kappa shape index (κ1) is 43.9. The number of phosphoric acid groups is 3. The van der Waals surface area contributed by atoms with E-state index in [-0.39, 0.29) is 28.4 Å². The molecule has 0 bridgehead atoms. The summed E-state index contributed by atoms with van der Waals surface area (Å²) in [5.41, 5.74) is 0.216. The van der Waals surface area contributed by atoms with Crippen molar-refractivity contribution in [2.75, 3.05) is 24.3 Å². The molecule has 3 heterocycles. The van der Waals surface area contributed by atoms with Gasteiger partial charge in [-0.2, -0.15) is 13.6 Å². The number of aromatic amines is 1. The number of fused-ring (bicyclic) bond motifs is 1. The summed E-state index contributed by atoms with van der Waals surface area (Å²) in [5, 5.41) is 7.64. The molecule has 0 amide bonds. The second kappa shape index (κ2) is 17.2. The Hall–Kier alpha value is -5.37. The van der Waals surface area contributed by atoms with Gasteiger partial charge in [-0.15, -0.1) is 0 Å². The van der Waals surface area contributed by atoms with Crippen LogP contribution in [-0.4, -0.2) is 73.8 Å². The van der Waals surface area contributed by atoms with Crippen molar-refractivity contribution in [3.8, 4) is 5.75 Å². The second-order valence-electron chi connectivity index (χ2n) is 14.5. The number of rotatable bonds is 17. The minimum atomic E-state index is -5.94. The molecule has 6 atom stereocenters. The number of aromatic nitrogens is 4. The molecule has 1 fully saturated rings. The molecule has 1 aliphatic rings. The standard InChI is InChI=1S/C40H36N5O15P3S/c46-39-37-38(43-40(44-39)42-28-10-3-1-4-11-28)45(24-41-37)34-22-31(57-29-12-5-2-6-13-29)32(58-34)23-56-62(49,50)60-63(51,52)59-61(47,48)55-20-21-64(53,54)33-19-17-27-15-14-25-8-7-9-26-16-18-30(33)36(27)35(25)26/h1-19,24,31-32,34H,20-23H2,(H,47,48)(H,49,50)(H,51,52)(H2,42,43,44,46)/t31-,32-,34-/m1/s1. The van der Waals surface area contributed by atoms with Crippen LogP contribution in [0.15, 0.2) is 131 Å². The molecule has 8 aromatic rings. The van der Waals surface area contributed by atoms with Crippen molar-refractivity contribution >= 4 is 88.4 Å². The number of sulfone groups is 1. The Labute approximate surface area is 362 Å². The van der Waals surface area contributed by atoms with Crippen molar-refractivity contribution < 1.29 is 63.9 Å². The van der Waals surface area contributed by atoms with Crippen LogP contribution in [0.3, 0.4) is 0 Å². The predicted molar refractivity (Wildman–Crippen MR) is 233 cm³/mol. The molecule has 1 aliphatic heterocycles. The molecule has 6 aromatic carbocycles. The Morgan fingerprint density at radius 1 is 0.781 bits per heavy atom. The molecule has 20 nitrogen and oxygen atoms in total. The maximum atomic E-state index is 13.5. The van der Waals surface area contributed by atoms with Crippen LogP contribution in [0.1, 0.15) is 12.6 Å². The van der Waals surface area contributed by atoms with E-state index >= 15 is 0 Å². The van der Waals surface area contributed by atoms with Crippen LogP contribution in [-0.2, 0) is 45.9 Å². The number of ether oxygens (including phenoxy) is 2. The number of hydrogen-bond acceptors (Lipinski definition) is 15. The molecule has 3 unspecified atom stereocenters. The molecule has 5 N–H and O–H groups in total. The van der Waals surface area contributed by atoms with E-state index < -0.39 is 76.3 Å². The van der Waals surface area contributed by atoms with Crippen molar-refractivity contribution in [3.05, 3.63) is 132 Å². The van der Waals surface area contributed by atoms with Gasteiger partial charge in [0.15, 0.2) is 21.0 Å². The molecule has 0 radical (unpaired) electrons. The zero-order valence-corrected chi connectivity index (χ0v) is 36.4. The number of hydrogen-bond donors (Lipinski definition) is 5. The zero-order chi connectivity index (χ0) is 44.9. The molecular weight excluding hydrogens is 915 g/mol. The van der Waals surface area contributed by atoms with Gasteiger partial charge in [0, 0.05) is 17.5 Å². The first-order valence-electron chi connectivity index (χ1n) is 19.3. The Kier molecular flexibility index (Phi) is 11.8. The normalized spacial score (nSPS) is 19.8. The van der Waals surface area contributed by atoms with E-state index in [1.165, 1.54) is 17.0 Å². The average Bonchev–Trinajstić information content (AvgIpc) is 3.86. The highest BCUT2D eigenvalue weighted by molar-refractivity contribution is 7.91. The van der Waals surface area contributed by atoms with Gasteiger partial charge in [0.25, 0.3) is 5.56 Å². The lowest BCUT2D eigenvalue weighted by atomic mass is 9.94. The van der Waals surface area contributed by atoms with E-state index in [9.17, 15) is 41.6 Å². The summed E-state index contributed by atoms with van der Waals surface area (Å²) in [6.45, 7) is -1.80. The minimum Gasteiger partial charge on any atom is -0.487 e. The monoisotopic (exact) mass is 951 g/mol. The number of benzene rings is 6. The predicted octanol–water partition coefficient (Wildman–Crippen LogP) is 7.34. The highest BCUT2D eigenvalue weighted by Gasteiger charge is 2.45. The summed E-state index contributed by atoms with van der Waals surface area (Å²) in [6, 6.07) is 33.4. The summed E-state index contributed by atoms with van der Waals surface area (Å²) in [4.78, 5) is 55.2. The highest BCUT2D eigenvalue weighted by Crippen LogP contribution is 2.67. The lowest BCUT2D eigenvalue weighted by Crippen LogP contribution is -2.31. The number of imidazole rings is 1. The number of H-pyrrole nitrogens is 1. The lowest BCUT2D eigenvalue weighted by molar-refractivity contribution is -0.0384. The first-order valence-corrected chi connectivity index (χ1v) is 25.4. The first-order chi connectivity index (χ1) is 30.5. The van der Waals surface area contributed by atoms with E-state index in [1.807, 2.05) is 36.4 Å². The third-order valence-corrected chi connectivity index (χ3v) is 16.3. The molecule has 0 aliphatic carbocycles. The fourth-order valence-electron chi connectivity index (χ4n) is 7.52. The molecule has 0 spiro atoms. The Morgan fingerprint density at radius 3 is 2.14 bits per heavy atom. The second-order valence-corrected chi connectivity index (χ2v) is 21.2. The van der Waals surface area contributed by atoms with Crippen LogP contribution >= 0.6 is 23.5 Å². The Bertz CT molecular complexity index is 3330. The Morgan fingerprint density at radius 2 is 1.42 bits per heavy atom. The summed E-state index contributed by atoms with van der Waals surface area (Å²) < 4.78 is 97.6. The van der Waals surface area contributed by atoms with E-state index in [0.717, 1.165) is 21.5 Å². The number of phosphoric ester groups is 2. The summed E-state index contributed by atoms with van der Waals surface area (Å²) in [6.07, 6.45) is -1.65. The van der Waals surface area contributed by atoms with Gasteiger partial charge >= 0.3 is 23.5 Å². The third kappa shape index (κ3) is 9.39. The van der Waals surface area contributed by atoms with Gasteiger partial charge in [0.05, 0.1) is 30.2 Å². The highest BCUT2D eigenvalue weighted by atomic mass is 32.2. The van der Waals surface area contributed by atoms with Crippen molar-refractivity contribution in [2.45, 2.75) is 29.8 Å². The smallest absolute Gasteiger partial charge is 0.487 e. The third-order valence-electron chi connectivity index (χ3n) is 10.2. The average molecular weight is 952 g/mol. The van der Waals surface area contributed by atoms with Gasteiger partial charge in [0.1, 0.15) is 24.2 Å². The molecule has 24 heteroatoms. The SMILES string of the molecule is O=c1[nH]c(Nc2ccccc2)nc2c1ncn2[C@H]1C[C@@H](Oc2ccccc2)[C@@H](COP(=O)(O)OP(=O)(O)OP(=O)(O)OCCS(=O)(=O)c2ccc3ccc4cccc5ccc2c3c45)O1. The van der Waals surface area contributed by atoms with Crippen molar-refractivity contribution in [3.63, 3.8) is 0 Å². The quantitative estimate of drug-likeness (QED) is 0.0441. The van der Waals surface area contributed by atoms with Crippen LogP contribution < -0.4 is 15.6 Å². The molecule has 0 saturated carbocycles. The number of nitrogens with zero attached hydrogens (tertiary/aromatic N) is 3. The van der Waals surface area contributed by atoms with Gasteiger partial charge in [-0.3, -0.25) is 23.4 Å². The van der Waals surface area contributed by atoms with E-state index in [4.69, 9.17) is 18.5 Å². The summed E-state index contributed by atoms with van der Waals surface area (Å²) in [7, 11) is -21.4. The van der Waals surface area contributed by atoms with Crippen LogP contribution in [0.5, 0.6) is 5.75 Å². The van der Waals surface area contributed by atoms with Crippen molar-refractivity contribution in [2.24, 2.45) is 0 Å². The van der Waals surface area contributed by atoms with E-state index in [0.29, 0.717) is 22.2 Å². The number of para-hydroxylation sites is 2. The van der Waals surface area contributed by atoms with Crippen molar-refractivity contribution in [1.29, 1.82) is 0 Å². The Balaban J connectivity index is 0.850. The molecule has 9 rings (SSSR count).